The molecule has 1 N–H and O–H groups in total. The molecule has 0 aliphatic carbocycles. The van der Waals surface area contributed by atoms with E-state index in [1.165, 1.54) is 24.3 Å². The number of para-hydroxylation sites is 1. The molecular formula is C19H23FN2O3S. The topological polar surface area (TPSA) is 66.5 Å². The summed E-state index contributed by atoms with van der Waals surface area (Å²) in [5, 5.41) is 2.60. The van der Waals surface area contributed by atoms with Crippen LogP contribution < -0.4 is 9.62 Å². The predicted octanol–water partition coefficient (Wildman–Crippen LogP) is 3.36. The Morgan fingerprint density at radius 1 is 1.04 bits per heavy atom. The second kappa shape index (κ2) is 8.31. The summed E-state index contributed by atoms with van der Waals surface area (Å²) in [6, 6.07) is 10.9. The lowest BCUT2D eigenvalue weighted by Gasteiger charge is -2.26. The van der Waals surface area contributed by atoms with Crippen molar-refractivity contribution in [3.63, 3.8) is 0 Å². The van der Waals surface area contributed by atoms with Gasteiger partial charge in [0.1, 0.15) is 12.4 Å². The Bertz CT molecular complexity index is 858. The van der Waals surface area contributed by atoms with Crippen molar-refractivity contribution in [3.05, 3.63) is 59.4 Å². The quantitative estimate of drug-likeness (QED) is 0.803. The van der Waals surface area contributed by atoms with Gasteiger partial charge in [0.25, 0.3) is 0 Å². The predicted molar refractivity (Wildman–Crippen MR) is 102 cm³/mol. The number of nitrogens with zero attached hydrogens (tertiary/aromatic N) is 1. The van der Waals surface area contributed by atoms with E-state index in [9.17, 15) is 17.6 Å². The van der Waals surface area contributed by atoms with E-state index in [4.69, 9.17) is 0 Å². The molecule has 1 amide bonds. The summed E-state index contributed by atoms with van der Waals surface area (Å²) in [5.41, 5.74) is 2.70. The Balaban J connectivity index is 2.35. The molecule has 0 atom stereocenters. The van der Waals surface area contributed by atoms with Gasteiger partial charge in [-0.05, 0) is 48.2 Å². The second-order valence-corrected chi connectivity index (χ2v) is 7.86. The molecular weight excluding hydrogens is 355 g/mol. The Morgan fingerprint density at radius 2 is 1.58 bits per heavy atom. The SMILES string of the molecule is CCc1cccc(CC)c1N(CC(=O)Nc1ccc(F)cc1)S(C)(=O)=O. The van der Waals surface area contributed by atoms with Crippen LogP contribution in [0, 0.1) is 5.82 Å². The molecule has 0 saturated heterocycles. The van der Waals surface area contributed by atoms with Crippen molar-refractivity contribution in [2.45, 2.75) is 26.7 Å². The Kier molecular flexibility index (Phi) is 6.37. The molecule has 0 unspecified atom stereocenters. The van der Waals surface area contributed by atoms with Crippen LogP contribution in [-0.2, 0) is 27.7 Å². The highest BCUT2D eigenvalue weighted by Crippen LogP contribution is 2.29. The molecule has 0 fully saturated rings. The maximum absolute atomic E-state index is 13.0. The maximum Gasteiger partial charge on any atom is 0.245 e. The number of sulfonamides is 1. The van der Waals surface area contributed by atoms with Gasteiger partial charge < -0.3 is 5.32 Å². The third kappa shape index (κ3) is 4.82. The van der Waals surface area contributed by atoms with Crippen molar-refractivity contribution in [3.8, 4) is 0 Å². The number of nitrogens with one attached hydrogen (secondary N) is 1. The number of rotatable bonds is 7. The smallest absolute Gasteiger partial charge is 0.245 e. The third-order valence-electron chi connectivity index (χ3n) is 4.03. The molecule has 0 bridgehead atoms. The highest BCUT2D eigenvalue weighted by molar-refractivity contribution is 7.92. The lowest BCUT2D eigenvalue weighted by atomic mass is 10.0. The van der Waals surface area contributed by atoms with E-state index in [1.54, 1.807) is 0 Å². The van der Waals surface area contributed by atoms with Gasteiger partial charge in [-0.1, -0.05) is 32.0 Å². The molecule has 5 nitrogen and oxygen atoms in total. The highest BCUT2D eigenvalue weighted by atomic mass is 32.2. The maximum atomic E-state index is 13.0. The van der Waals surface area contributed by atoms with Crippen molar-refractivity contribution in [1.82, 2.24) is 0 Å². The molecule has 0 saturated carbocycles. The number of halogens is 1. The van der Waals surface area contributed by atoms with Crippen molar-refractivity contribution in [1.29, 1.82) is 0 Å². The van der Waals surface area contributed by atoms with Gasteiger partial charge in [-0.25, -0.2) is 12.8 Å². The van der Waals surface area contributed by atoms with Crippen LogP contribution in [0.2, 0.25) is 0 Å². The van der Waals surface area contributed by atoms with Crippen molar-refractivity contribution >= 4 is 27.3 Å². The van der Waals surface area contributed by atoms with Crippen LogP contribution in [0.25, 0.3) is 0 Å². The molecule has 0 aliphatic rings. The van der Waals surface area contributed by atoms with Gasteiger partial charge in [-0.15, -0.1) is 0 Å². The van der Waals surface area contributed by atoms with E-state index < -0.39 is 21.7 Å². The Hall–Kier alpha value is -2.41. The highest BCUT2D eigenvalue weighted by Gasteiger charge is 2.25. The lowest BCUT2D eigenvalue weighted by Crippen LogP contribution is -2.38. The zero-order valence-corrected chi connectivity index (χ0v) is 15.9. The fourth-order valence-corrected chi connectivity index (χ4v) is 3.68. The summed E-state index contributed by atoms with van der Waals surface area (Å²) in [4.78, 5) is 12.4. The number of benzene rings is 2. The lowest BCUT2D eigenvalue weighted by molar-refractivity contribution is -0.114. The summed E-state index contributed by atoms with van der Waals surface area (Å²) in [6.45, 7) is 3.54. The number of carbonyl (C=O) groups excluding carboxylic acids is 1. The second-order valence-electron chi connectivity index (χ2n) is 5.96. The van der Waals surface area contributed by atoms with Crippen molar-refractivity contribution in [2.24, 2.45) is 0 Å². The molecule has 2 aromatic carbocycles. The molecule has 7 heteroatoms. The molecule has 2 aromatic rings. The first-order chi connectivity index (χ1) is 12.3. The molecule has 0 heterocycles. The fourth-order valence-electron chi connectivity index (χ4n) is 2.76. The summed E-state index contributed by atoms with van der Waals surface area (Å²) in [5.74, 6) is -0.903. The van der Waals surface area contributed by atoms with Crippen molar-refractivity contribution in [2.75, 3.05) is 22.4 Å². The van der Waals surface area contributed by atoms with E-state index in [0.29, 0.717) is 24.2 Å². The number of hydrogen-bond acceptors (Lipinski definition) is 3. The first-order valence-electron chi connectivity index (χ1n) is 8.40. The minimum atomic E-state index is -3.66. The largest absolute Gasteiger partial charge is 0.325 e. The monoisotopic (exact) mass is 378 g/mol. The van der Waals surface area contributed by atoms with Gasteiger partial charge in [0.05, 0.1) is 11.9 Å². The van der Waals surface area contributed by atoms with Gasteiger partial charge in [-0.3, -0.25) is 9.10 Å². The molecule has 26 heavy (non-hydrogen) atoms. The number of carbonyl (C=O) groups is 1. The molecule has 0 spiro atoms. The average Bonchev–Trinajstić information content (AvgIpc) is 2.60. The minimum absolute atomic E-state index is 0.347. The van der Waals surface area contributed by atoms with Crippen LogP contribution in [0.1, 0.15) is 25.0 Å². The van der Waals surface area contributed by atoms with Crippen molar-refractivity contribution < 1.29 is 17.6 Å². The number of anilines is 2. The van der Waals surface area contributed by atoms with E-state index in [0.717, 1.165) is 21.7 Å². The molecule has 140 valence electrons. The molecule has 0 radical (unpaired) electrons. The first-order valence-corrected chi connectivity index (χ1v) is 10.2. The summed E-state index contributed by atoms with van der Waals surface area (Å²) >= 11 is 0. The van der Waals surface area contributed by atoms with Gasteiger partial charge in [0.15, 0.2) is 0 Å². The molecule has 0 aromatic heterocycles. The van der Waals surface area contributed by atoms with E-state index in [1.807, 2.05) is 32.0 Å². The first kappa shape index (κ1) is 19.9. The molecule has 2 rings (SSSR count). The van der Waals surface area contributed by atoms with E-state index in [-0.39, 0.29) is 6.54 Å². The van der Waals surface area contributed by atoms with Gasteiger partial charge >= 0.3 is 0 Å². The van der Waals surface area contributed by atoms with Crippen LogP contribution in [0.15, 0.2) is 42.5 Å². The molecule has 0 aliphatic heterocycles. The van der Waals surface area contributed by atoms with Crippen LogP contribution >= 0.6 is 0 Å². The summed E-state index contributed by atoms with van der Waals surface area (Å²) < 4.78 is 38.9. The Labute approximate surface area is 153 Å². The normalized spacial score (nSPS) is 11.2. The number of aryl methyl sites for hydroxylation is 2. The van der Waals surface area contributed by atoms with Gasteiger partial charge in [0, 0.05) is 5.69 Å². The standard InChI is InChI=1S/C19H23FN2O3S/c1-4-14-7-6-8-15(5-2)19(14)22(26(3,24)25)13-18(23)21-17-11-9-16(20)10-12-17/h6-12H,4-5,13H2,1-3H3,(H,21,23). The summed E-state index contributed by atoms with van der Waals surface area (Å²) in [7, 11) is -3.66. The van der Waals surface area contributed by atoms with Crippen LogP contribution in [0.4, 0.5) is 15.8 Å². The zero-order valence-electron chi connectivity index (χ0n) is 15.1. The number of hydrogen-bond donors (Lipinski definition) is 1. The minimum Gasteiger partial charge on any atom is -0.325 e. The van der Waals surface area contributed by atoms with Gasteiger partial charge in [0.2, 0.25) is 15.9 Å². The third-order valence-corrected chi connectivity index (χ3v) is 5.14. The average molecular weight is 378 g/mol. The van der Waals surface area contributed by atoms with E-state index in [2.05, 4.69) is 5.32 Å². The zero-order chi connectivity index (χ0) is 19.3. The van der Waals surface area contributed by atoms with Gasteiger partial charge in [-0.2, -0.15) is 0 Å². The van der Waals surface area contributed by atoms with Crippen LogP contribution in [-0.4, -0.2) is 27.1 Å². The number of amides is 1. The Morgan fingerprint density at radius 3 is 2.04 bits per heavy atom. The summed E-state index contributed by atoms with van der Waals surface area (Å²) in [6.07, 6.45) is 2.38. The van der Waals surface area contributed by atoms with E-state index >= 15 is 0 Å². The fraction of sp³-hybridized carbons (Fsp3) is 0.316. The van der Waals surface area contributed by atoms with Crippen LogP contribution in [0.5, 0.6) is 0 Å². The van der Waals surface area contributed by atoms with Crippen LogP contribution in [0.3, 0.4) is 0 Å².